The second-order valence-corrected chi connectivity index (χ2v) is 6.44. The molecule has 5 nitrogen and oxygen atoms in total. The predicted octanol–water partition coefficient (Wildman–Crippen LogP) is 3.45. The van der Waals surface area contributed by atoms with Gasteiger partial charge in [0.2, 0.25) is 0 Å². The van der Waals surface area contributed by atoms with Gasteiger partial charge in [-0.25, -0.2) is 0 Å². The second kappa shape index (κ2) is 6.86. The minimum Gasteiger partial charge on any atom is -0.493 e. The van der Waals surface area contributed by atoms with Gasteiger partial charge in [-0.05, 0) is 24.5 Å². The third-order valence-corrected chi connectivity index (χ3v) is 4.87. The number of aliphatic imine (C=N–C) groups is 1. The van der Waals surface area contributed by atoms with Crippen molar-refractivity contribution in [3.8, 4) is 11.5 Å². The van der Waals surface area contributed by atoms with E-state index in [0.29, 0.717) is 18.1 Å². The van der Waals surface area contributed by atoms with E-state index in [-0.39, 0.29) is 6.04 Å². The first-order chi connectivity index (χ1) is 12.3. The number of methoxy groups -OCH3 is 1. The Labute approximate surface area is 147 Å². The SMILES string of the molecule is COc1cc2c(cc1OCc1ccccc1)N=C[C@@H]1CCCN1C2O. The van der Waals surface area contributed by atoms with Crippen molar-refractivity contribution in [2.24, 2.45) is 4.99 Å². The standard InChI is InChI=1S/C20H22N2O3/c1-24-18-10-16-17(21-12-15-8-5-9-22(15)20(16)23)11-19(18)25-13-14-6-3-2-4-7-14/h2-4,6-7,10-12,15,20,23H,5,8-9,13H2,1H3/t15-,20?/m0/s1. The highest BCUT2D eigenvalue weighted by Gasteiger charge is 2.33. The molecule has 0 saturated carbocycles. The fourth-order valence-corrected chi connectivity index (χ4v) is 3.51. The van der Waals surface area contributed by atoms with Crippen LogP contribution < -0.4 is 9.47 Å². The number of hydrogen-bond donors (Lipinski definition) is 1. The van der Waals surface area contributed by atoms with Crippen molar-refractivity contribution < 1.29 is 14.6 Å². The van der Waals surface area contributed by atoms with Crippen LogP contribution in [0.15, 0.2) is 47.5 Å². The zero-order valence-corrected chi connectivity index (χ0v) is 14.3. The van der Waals surface area contributed by atoms with Gasteiger partial charge in [0.05, 0.1) is 12.8 Å². The molecule has 0 aliphatic carbocycles. The monoisotopic (exact) mass is 338 g/mol. The zero-order chi connectivity index (χ0) is 17.2. The maximum absolute atomic E-state index is 10.8. The molecular formula is C20H22N2O3. The minimum absolute atomic E-state index is 0.196. The summed E-state index contributed by atoms with van der Waals surface area (Å²) in [5, 5.41) is 10.8. The van der Waals surface area contributed by atoms with Gasteiger partial charge < -0.3 is 14.6 Å². The Morgan fingerprint density at radius 2 is 2.04 bits per heavy atom. The first kappa shape index (κ1) is 16.1. The number of aliphatic hydroxyl groups excluding tert-OH is 1. The van der Waals surface area contributed by atoms with Crippen molar-refractivity contribution in [2.75, 3.05) is 13.7 Å². The van der Waals surface area contributed by atoms with Gasteiger partial charge in [0.25, 0.3) is 0 Å². The van der Waals surface area contributed by atoms with E-state index in [1.54, 1.807) is 7.11 Å². The lowest BCUT2D eigenvalue weighted by molar-refractivity contribution is 0.00962. The Kier molecular flexibility index (Phi) is 4.42. The summed E-state index contributed by atoms with van der Waals surface area (Å²) in [6, 6.07) is 13.9. The van der Waals surface area contributed by atoms with Gasteiger partial charge in [0, 0.05) is 30.4 Å². The fraction of sp³-hybridized carbons (Fsp3) is 0.350. The summed E-state index contributed by atoms with van der Waals surface area (Å²) in [6.45, 7) is 1.34. The molecular weight excluding hydrogens is 316 g/mol. The maximum atomic E-state index is 10.8. The minimum atomic E-state index is -0.665. The topological polar surface area (TPSA) is 54.3 Å². The number of hydrogen-bond acceptors (Lipinski definition) is 5. The maximum Gasteiger partial charge on any atom is 0.163 e. The van der Waals surface area contributed by atoms with E-state index in [9.17, 15) is 5.11 Å². The Bertz CT molecular complexity index is 776. The van der Waals surface area contributed by atoms with E-state index in [0.717, 1.165) is 36.2 Å². The number of nitrogens with zero attached hydrogens (tertiary/aromatic N) is 2. The molecule has 0 bridgehead atoms. The van der Waals surface area contributed by atoms with Crippen molar-refractivity contribution in [2.45, 2.75) is 31.7 Å². The van der Waals surface area contributed by atoms with Crippen LogP contribution >= 0.6 is 0 Å². The van der Waals surface area contributed by atoms with Crippen LogP contribution in [0.1, 0.15) is 30.2 Å². The summed E-state index contributed by atoms with van der Waals surface area (Å²) in [4.78, 5) is 6.69. The molecule has 1 saturated heterocycles. The molecule has 1 fully saturated rings. The summed E-state index contributed by atoms with van der Waals surface area (Å²) in [5.41, 5.74) is 2.60. The zero-order valence-electron chi connectivity index (χ0n) is 14.3. The molecule has 130 valence electrons. The lowest BCUT2D eigenvalue weighted by Crippen LogP contribution is -2.33. The number of ether oxygens (including phenoxy) is 2. The molecule has 1 unspecified atom stereocenters. The van der Waals surface area contributed by atoms with Crippen molar-refractivity contribution in [1.29, 1.82) is 0 Å². The second-order valence-electron chi connectivity index (χ2n) is 6.44. The first-order valence-electron chi connectivity index (χ1n) is 8.63. The van der Waals surface area contributed by atoms with Crippen LogP contribution in [0.3, 0.4) is 0 Å². The van der Waals surface area contributed by atoms with Crippen LogP contribution in [-0.2, 0) is 6.61 Å². The number of fused-ring (bicyclic) bond motifs is 2. The van der Waals surface area contributed by atoms with E-state index in [4.69, 9.17) is 9.47 Å². The van der Waals surface area contributed by atoms with Gasteiger partial charge in [0.1, 0.15) is 12.8 Å². The molecule has 2 aromatic carbocycles. The molecule has 2 aliphatic rings. The summed E-state index contributed by atoms with van der Waals surface area (Å²) >= 11 is 0. The van der Waals surface area contributed by atoms with Gasteiger partial charge in [-0.2, -0.15) is 0 Å². The van der Waals surface area contributed by atoms with Crippen LogP contribution in [-0.4, -0.2) is 35.9 Å². The molecule has 0 aromatic heterocycles. The van der Waals surface area contributed by atoms with Crippen molar-refractivity contribution in [3.05, 3.63) is 53.6 Å². The largest absolute Gasteiger partial charge is 0.493 e. The van der Waals surface area contributed by atoms with Crippen molar-refractivity contribution in [3.63, 3.8) is 0 Å². The summed E-state index contributed by atoms with van der Waals surface area (Å²) in [7, 11) is 1.61. The summed E-state index contributed by atoms with van der Waals surface area (Å²) in [6.07, 6.45) is 3.39. The number of aliphatic hydroxyl groups is 1. The van der Waals surface area contributed by atoms with Crippen LogP contribution in [0.2, 0.25) is 0 Å². The van der Waals surface area contributed by atoms with Crippen molar-refractivity contribution >= 4 is 11.9 Å². The van der Waals surface area contributed by atoms with Crippen LogP contribution in [0.25, 0.3) is 0 Å². The molecule has 0 amide bonds. The fourth-order valence-electron chi connectivity index (χ4n) is 3.51. The van der Waals surface area contributed by atoms with Crippen LogP contribution in [0, 0.1) is 0 Å². The van der Waals surface area contributed by atoms with Gasteiger partial charge in [-0.15, -0.1) is 0 Å². The predicted molar refractivity (Wildman–Crippen MR) is 96.6 cm³/mol. The average molecular weight is 338 g/mol. The summed E-state index contributed by atoms with van der Waals surface area (Å²) in [5.74, 6) is 1.25. The number of rotatable bonds is 4. The molecule has 1 N–H and O–H groups in total. The molecule has 2 aliphatic heterocycles. The van der Waals surface area contributed by atoms with Gasteiger partial charge in [-0.3, -0.25) is 9.89 Å². The molecule has 5 heteroatoms. The highest BCUT2D eigenvalue weighted by molar-refractivity contribution is 5.73. The van der Waals surface area contributed by atoms with Crippen LogP contribution in [0.4, 0.5) is 5.69 Å². The Morgan fingerprint density at radius 1 is 1.20 bits per heavy atom. The number of benzene rings is 2. The smallest absolute Gasteiger partial charge is 0.163 e. The molecule has 0 radical (unpaired) electrons. The molecule has 2 atom stereocenters. The summed E-state index contributed by atoms with van der Waals surface area (Å²) < 4.78 is 11.4. The third kappa shape index (κ3) is 3.13. The average Bonchev–Trinajstić information content (AvgIpc) is 3.08. The van der Waals surface area contributed by atoms with E-state index in [1.807, 2.05) is 48.7 Å². The van der Waals surface area contributed by atoms with Gasteiger partial charge in [0.15, 0.2) is 11.5 Å². The Morgan fingerprint density at radius 3 is 2.84 bits per heavy atom. The van der Waals surface area contributed by atoms with E-state index >= 15 is 0 Å². The lowest BCUT2D eigenvalue weighted by atomic mass is 10.1. The van der Waals surface area contributed by atoms with Crippen molar-refractivity contribution in [1.82, 2.24) is 4.90 Å². The molecule has 25 heavy (non-hydrogen) atoms. The third-order valence-electron chi connectivity index (χ3n) is 4.87. The highest BCUT2D eigenvalue weighted by Crippen LogP contribution is 2.42. The molecule has 2 heterocycles. The molecule has 2 aromatic rings. The van der Waals surface area contributed by atoms with Gasteiger partial charge >= 0.3 is 0 Å². The normalized spacial score (nSPS) is 22.2. The Hall–Kier alpha value is -2.37. The lowest BCUT2D eigenvalue weighted by Gasteiger charge is -2.26. The van der Waals surface area contributed by atoms with Crippen LogP contribution in [0.5, 0.6) is 11.5 Å². The quantitative estimate of drug-likeness (QED) is 0.928. The Balaban J connectivity index is 1.64. The van der Waals surface area contributed by atoms with E-state index in [2.05, 4.69) is 9.89 Å². The van der Waals surface area contributed by atoms with Gasteiger partial charge in [-0.1, -0.05) is 30.3 Å². The molecule has 0 spiro atoms. The highest BCUT2D eigenvalue weighted by atomic mass is 16.5. The van der Waals surface area contributed by atoms with E-state index in [1.165, 1.54) is 0 Å². The first-order valence-corrected chi connectivity index (χ1v) is 8.63. The molecule has 4 rings (SSSR count). The van der Waals surface area contributed by atoms with E-state index < -0.39 is 6.23 Å².